The molecule has 0 amide bonds. The van der Waals surface area contributed by atoms with E-state index in [1.807, 2.05) is 26.0 Å². The Balaban J connectivity index is 2.65. The van der Waals surface area contributed by atoms with E-state index < -0.39 is 0 Å². The van der Waals surface area contributed by atoms with Gasteiger partial charge in [0, 0.05) is 18.5 Å². The van der Waals surface area contributed by atoms with Crippen molar-refractivity contribution in [2.45, 2.75) is 39.5 Å². The zero-order valence-electron chi connectivity index (χ0n) is 10.8. The van der Waals surface area contributed by atoms with Crippen LogP contribution in [0.4, 0.5) is 0 Å². The van der Waals surface area contributed by atoms with Gasteiger partial charge in [-0.3, -0.25) is 4.79 Å². The average molecular weight is 231 g/mol. The lowest BCUT2D eigenvalue weighted by atomic mass is 9.99. The standard InChI is InChI=1S/C15H21NO/c1-4-5-14(17)8-6-13-7-9-15(12(3)16)11(2)10-13/h7,9-10H,3-6,8,16H2,1-2H3. The largest absolute Gasteiger partial charge is 0.399 e. The molecule has 1 aromatic rings. The van der Waals surface area contributed by atoms with Crippen molar-refractivity contribution < 1.29 is 4.79 Å². The van der Waals surface area contributed by atoms with Crippen LogP contribution in [0.1, 0.15) is 42.9 Å². The summed E-state index contributed by atoms with van der Waals surface area (Å²) in [7, 11) is 0. The van der Waals surface area contributed by atoms with Gasteiger partial charge in [-0.05, 0) is 36.5 Å². The number of rotatable bonds is 6. The van der Waals surface area contributed by atoms with Crippen LogP contribution in [0.2, 0.25) is 0 Å². The summed E-state index contributed by atoms with van der Waals surface area (Å²) in [6, 6.07) is 6.10. The van der Waals surface area contributed by atoms with Gasteiger partial charge in [-0.25, -0.2) is 0 Å². The van der Waals surface area contributed by atoms with Gasteiger partial charge in [0.15, 0.2) is 0 Å². The molecule has 0 unspecified atom stereocenters. The molecule has 1 rings (SSSR count). The number of Topliss-reactive ketones (excluding diaryl/α,β-unsaturated/α-hetero) is 1. The number of carbonyl (C=O) groups is 1. The quantitative estimate of drug-likeness (QED) is 0.816. The number of carbonyl (C=O) groups excluding carboxylic acids is 1. The normalized spacial score (nSPS) is 10.2. The van der Waals surface area contributed by atoms with Gasteiger partial charge in [0.2, 0.25) is 0 Å². The highest BCUT2D eigenvalue weighted by Gasteiger charge is 2.04. The first-order valence-electron chi connectivity index (χ1n) is 6.10. The Hall–Kier alpha value is -1.57. The van der Waals surface area contributed by atoms with Crippen LogP contribution in [0.15, 0.2) is 24.8 Å². The Morgan fingerprint density at radius 3 is 2.59 bits per heavy atom. The number of hydrogen-bond donors (Lipinski definition) is 1. The third-order valence-corrected chi connectivity index (χ3v) is 2.86. The van der Waals surface area contributed by atoms with E-state index in [0.29, 0.717) is 24.3 Å². The molecular weight excluding hydrogens is 210 g/mol. The molecule has 0 aromatic heterocycles. The van der Waals surface area contributed by atoms with Gasteiger partial charge < -0.3 is 5.73 Å². The molecule has 0 radical (unpaired) electrons. The SMILES string of the molecule is C=C(N)c1ccc(CCC(=O)CCC)cc1C. The van der Waals surface area contributed by atoms with Gasteiger partial charge in [-0.1, -0.05) is 31.7 Å². The molecule has 0 atom stereocenters. The van der Waals surface area contributed by atoms with E-state index in [9.17, 15) is 4.79 Å². The maximum Gasteiger partial charge on any atom is 0.133 e. The van der Waals surface area contributed by atoms with Gasteiger partial charge in [0.25, 0.3) is 0 Å². The van der Waals surface area contributed by atoms with Crippen LogP contribution in [-0.2, 0) is 11.2 Å². The molecule has 0 bridgehead atoms. The molecule has 0 saturated carbocycles. The molecule has 92 valence electrons. The fourth-order valence-corrected chi connectivity index (χ4v) is 1.93. The van der Waals surface area contributed by atoms with Gasteiger partial charge in [0.05, 0.1) is 0 Å². The molecule has 0 aliphatic heterocycles. The lowest BCUT2D eigenvalue weighted by molar-refractivity contribution is -0.119. The van der Waals surface area contributed by atoms with Crippen LogP contribution in [0.3, 0.4) is 0 Å². The lowest BCUT2D eigenvalue weighted by Crippen LogP contribution is -2.01. The molecular formula is C15H21NO. The first kappa shape index (κ1) is 13.5. The van der Waals surface area contributed by atoms with Crippen molar-refractivity contribution in [1.82, 2.24) is 0 Å². The molecule has 0 fully saturated rings. The zero-order valence-corrected chi connectivity index (χ0v) is 10.8. The Kier molecular flexibility index (Phi) is 4.95. The predicted molar refractivity (Wildman–Crippen MR) is 72.6 cm³/mol. The monoisotopic (exact) mass is 231 g/mol. The number of aryl methyl sites for hydroxylation is 2. The highest BCUT2D eigenvalue weighted by atomic mass is 16.1. The third kappa shape index (κ3) is 4.06. The number of benzene rings is 1. The second-order valence-electron chi connectivity index (χ2n) is 4.46. The maximum atomic E-state index is 11.4. The highest BCUT2D eigenvalue weighted by Crippen LogP contribution is 2.16. The molecule has 0 aliphatic carbocycles. The molecule has 17 heavy (non-hydrogen) atoms. The first-order valence-corrected chi connectivity index (χ1v) is 6.10. The van der Waals surface area contributed by atoms with Gasteiger partial charge in [-0.15, -0.1) is 0 Å². The van der Waals surface area contributed by atoms with Crippen LogP contribution in [-0.4, -0.2) is 5.78 Å². The molecule has 0 spiro atoms. The Bertz CT molecular complexity index is 421. The smallest absolute Gasteiger partial charge is 0.133 e. The Morgan fingerprint density at radius 1 is 1.35 bits per heavy atom. The molecule has 2 nitrogen and oxygen atoms in total. The number of ketones is 1. The van der Waals surface area contributed by atoms with E-state index in [1.165, 1.54) is 5.56 Å². The lowest BCUT2D eigenvalue weighted by Gasteiger charge is -2.07. The van der Waals surface area contributed by atoms with Crippen molar-refractivity contribution in [2.24, 2.45) is 5.73 Å². The van der Waals surface area contributed by atoms with Crippen molar-refractivity contribution in [1.29, 1.82) is 0 Å². The van der Waals surface area contributed by atoms with E-state index in [4.69, 9.17) is 5.73 Å². The minimum absolute atomic E-state index is 0.345. The predicted octanol–water partition coefficient (Wildman–Crippen LogP) is 3.23. The minimum Gasteiger partial charge on any atom is -0.399 e. The van der Waals surface area contributed by atoms with E-state index in [2.05, 4.69) is 12.6 Å². The summed E-state index contributed by atoms with van der Waals surface area (Å²) < 4.78 is 0. The van der Waals surface area contributed by atoms with E-state index >= 15 is 0 Å². The average Bonchev–Trinajstić information content (AvgIpc) is 2.26. The second-order valence-corrected chi connectivity index (χ2v) is 4.46. The minimum atomic E-state index is 0.345. The zero-order chi connectivity index (χ0) is 12.8. The first-order chi connectivity index (χ1) is 8.04. The maximum absolute atomic E-state index is 11.4. The number of nitrogens with two attached hydrogens (primary N) is 1. The fourth-order valence-electron chi connectivity index (χ4n) is 1.93. The Morgan fingerprint density at radius 2 is 2.06 bits per heavy atom. The molecule has 0 heterocycles. The molecule has 0 aliphatic rings. The molecule has 2 N–H and O–H groups in total. The second kappa shape index (κ2) is 6.24. The van der Waals surface area contributed by atoms with Crippen LogP contribution in [0.25, 0.3) is 5.70 Å². The Labute approximate surface area is 104 Å². The summed E-state index contributed by atoms with van der Waals surface area (Å²) in [5, 5.41) is 0. The topological polar surface area (TPSA) is 43.1 Å². The molecule has 2 heteroatoms. The van der Waals surface area contributed by atoms with Crippen LogP contribution < -0.4 is 5.73 Å². The van der Waals surface area contributed by atoms with Crippen molar-refractivity contribution >= 4 is 11.5 Å². The van der Waals surface area contributed by atoms with Crippen LogP contribution in [0.5, 0.6) is 0 Å². The van der Waals surface area contributed by atoms with Crippen molar-refractivity contribution in [3.63, 3.8) is 0 Å². The summed E-state index contributed by atoms with van der Waals surface area (Å²) in [6.45, 7) is 7.79. The van der Waals surface area contributed by atoms with Crippen LogP contribution in [0, 0.1) is 6.92 Å². The third-order valence-electron chi connectivity index (χ3n) is 2.86. The van der Waals surface area contributed by atoms with E-state index in [0.717, 1.165) is 24.0 Å². The van der Waals surface area contributed by atoms with Gasteiger partial charge >= 0.3 is 0 Å². The number of hydrogen-bond acceptors (Lipinski definition) is 2. The van der Waals surface area contributed by atoms with E-state index in [1.54, 1.807) is 0 Å². The summed E-state index contributed by atoms with van der Waals surface area (Å²) in [5.74, 6) is 0.345. The summed E-state index contributed by atoms with van der Waals surface area (Å²) in [6.07, 6.45) is 3.08. The fraction of sp³-hybridized carbons (Fsp3) is 0.400. The van der Waals surface area contributed by atoms with Crippen molar-refractivity contribution in [2.75, 3.05) is 0 Å². The summed E-state index contributed by atoms with van der Waals surface area (Å²) in [5.41, 5.74) is 9.58. The van der Waals surface area contributed by atoms with Crippen LogP contribution >= 0.6 is 0 Å². The summed E-state index contributed by atoms with van der Waals surface area (Å²) in [4.78, 5) is 11.4. The van der Waals surface area contributed by atoms with Crippen molar-refractivity contribution in [3.05, 3.63) is 41.5 Å². The van der Waals surface area contributed by atoms with Crippen molar-refractivity contribution in [3.8, 4) is 0 Å². The molecule has 1 aromatic carbocycles. The highest BCUT2D eigenvalue weighted by molar-refractivity contribution is 5.78. The van der Waals surface area contributed by atoms with E-state index in [-0.39, 0.29) is 0 Å². The summed E-state index contributed by atoms with van der Waals surface area (Å²) >= 11 is 0. The van der Waals surface area contributed by atoms with Gasteiger partial charge in [0.1, 0.15) is 5.78 Å². The van der Waals surface area contributed by atoms with Gasteiger partial charge in [-0.2, -0.15) is 0 Å². The molecule has 0 saturated heterocycles.